The van der Waals surface area contributed by atoms with Crippen molar-refractivity contribution < 1.29 is 18.8 Å². The maximum Gasteiger partial charge on any atom is 0.349 e. The van der Waals surface area contributed by atoms with Crippen LogP contribution in [0.5, 0.6) is 11.5 Å². The molecule has 1 aromatic heterocycles. The number of aromatic nitrogens is 1. The van der Waals surface area contributed by atoms with Gasteiger partial charge >= 0.3 is 5.97 Å². The third kappa shape index (κ3) is 2.34. The summed E-state index contributed by atoms with van der Waals surface area (Å²) in [4.78, 5) is 11.9. The summed E-state index contributed by atoms with van der Waals surface area (Å²) in [7, 11) is 1.57. The van der Waals surface area contributed by atoms with Crippen LogP contribution in [0.2, 0.25) is 0 Å². The Labute approximate surface area is 104 Å². The van der Waals surface area contributed by atoms with Gasteiger partial charge < -0.3 is 14.0 Å². The minimum Gasteiger partial charge on any atom is -0.497 e. The molecule has 0 spiro atoms. The zero-order valence-corrected chi connectivity index (χ0v) is 10.4. The van der Waals surface area contributed by atoms with E-state index in [2.05, 4.69) is 5.16 Å². The number of hydrogen-bond donors (Lipinski definition) is 0. The Bertz CT molecular complexity index is 537. The van der Waals surface area contributed by atoms with E-state index in [0.29, 0.717) is 28.5 Å². The van der Waals surface area contributed by atoms with E-state index in [9.17, 15) is 4.79 Å². The van der Waals surface area contributed by atoms with Crippen LogP contribution in [-0.4, -0.2) is 18.2 Å². The summed E-state index contributed by atoms with van der Waals surface area (Å²) < 4.78 is 15.2. The number of ether oxygens (including phenoxy) is 2. The molecule has 0 bridgehead atoms. The van der Waals surface area contributed by atoms with Crippen molar-refractivity contribution in [1.82, 2.24) is 5.16 Å². The van der Waals surface area contributed by atoms with Crippen LogP contribution < -0.4 is 9.47 Å². The van der Waals surface area contributed by atoms with Gasteiger partial charge in [0.1, 0.15) is 22.8 Å². The van der Waals surface area contributed by atoms with Gasteiger partial charge in [-0.2, -0.15) is 0 Å². The maximum atomic E-state index is 11.9. The molecule has 18 heavy (non-hydrogen) atoms. The first-order chi connectivity index (χ1) is 8.61. The number of hydrogen-bond acceptors (Lipinski definition) is 5. The Morgan fingerprint density at radius 1 is 1.17 bits per heavy atom. The second kappa shape index (κ2) is 4.91. The van der Waals surface area contributed by atoms with Crippen molar-refractivity contribution >= 4 is 5.97 Å². The molecule has 0 fully saturated rings. The third-order valence-electron chi connectivity index (χ3n) is 2.51. The highest BCUT2D eigenvalue weighted by molar-refractivity contribution is 5.93. The van der Waals surface area contributed by atoms with Crippen LogP contribution >= 0.6 is 0 Å². The van der Waals surface area contributed by atoms with E-state index in [4.69, 9.17) is 14.0 Å². The Balaban J connectivity index is 2.16. The first-order valence-corrected chi connectivity index (χ1v) is 5.41. The highest BCUT2D eigenvalue weighted by Crippen LogP contribution is 2.20. The van der Waals surface area contributed by atoms with Gasteiger partial charge in [0.15, 0.2) is 0 Å². The van der Waals surface area contributed by atoms with Crippen molar-refractivity contribution in [3.8, 4) is 11.5 Å². The molecule has 0 radical (unpaired) electrons. The molecule has 0 aliphatic carbocycles. The standard InChI is InChI=1S/C13H13NO4/c1-8-12(9(2)18-14-8)13(15)17-11-6-4-10(16-3)5-7-11/h4-7H,1-3H3. The molecule has 0 saturated carbocycles. The molecule has 0 saturated heterocycles. The molecule has 0 aliphatic rings. The molecular formula is C13H13NO4. The topological polar surface area (TPSA) is 61.6 Å². The van der Waals surface area contributed by atoms with Crippen molar-refractivity contribution in [3.05, 3.63) is 41.3 Å². The molecule has 0 N–H and O–H groups in total. The lowest BCUT2D eigenvalue weighted by Crippen LogP contribution is -2.10. The Hall–Kier alpha value is -2.30. The molecule has 1 heterocycles. The summed E-state index contributed by atoms with van der Waals surface area (Å²) in [5.74, 6) is 1.12. The van der Waals surface area contributed by atoms with Gasteiger partial charge in [-0.15, -0.1) is 0 Å². The SMILES string of the molecule is COc1ccc(OC(=O)c2c(C)noc2C)cc1. The van der Waals surface area contributed by atoms with Gasteiger partial charge in [-0.05, 0) is 38.1 Å². The number of benzene rings is 1. The van der Waals surface area contributed by atoms with Gasteiger partial charge in [0.25, 0.3) is 0 Å². The summed E-state index contributed by atoms with van der Waals surface area (Å²) in [6.45, 7) is 3.37. The van der Waals surface area contributed by atoms with Crippen LogP contribution in [0.15, 0.2) is 28.8 Å². The van der Waals surface area contributed by atoms with Crippen molar-refractivity contribution in [2.24, 2.45) is 0 Å². The predicted molar refractivity (Wildman–Crippen MR) is 63.9 cm³/mol. The van der Waals surface area contributed by atoms with Crippen LogP contribution in [-0.2, 0) is 0 Å². The van der Waals surface area contributed by atoms with E-state index >= 15 is 0 Å². The summed E-state index contributed by atoms with van der Waals surface area (Å²) in [6.07, 6.45) is 0. The number of aryl methyl sites for hydroxylation is 2. The zero-order chi connectivity index (χ0) is 13.1. The molecule has 2 aromatic rings. The fourth-order valence-corrected chi connectivity index (χ4v) is 1.58. The quantitative estimate of drug-likeness (QED) is 0.616. The van der Waals surface area contributed by atoms with Crippen molar-refractivity contribution in [2.45, 2.75) is 13.8 Å². The lowest BCUT2D eigenvalue weighted by Gasteiger charge is -2.04. The van der Waals surface area contributed by atoms with Gasteiger partial charge in [0.05, 0.1) is 12.8 Å². The number of methoxy groups -OCH3 is 1. The van der Waals surface area contributed by atoms with E-state index in [1.54, 1.807) is 45.2 Å². The third-order valence-corrected chi connectivity index (χ3v) is 2.51. The highest BCUT2D eigenvalue weighted by atomic mass is 16.5. The minimum absolute atomic E-state index is 0.366. The molecular weight excluding hydrogens is 234 g/mol. The van der Waals surface area contributed by atoms with Crippen LogP contribution in [0.25, 0.3) is 0 Å². The molecule has 5 heteroatoms. The molecule has 0 atom stereocenters. The average Bonchev–Trinajstić information content (AvgIpc) is 2.70. The second-order valence-corrected chi connectivity index (χ2v) is 3.76. The predicted octanol–water partition coefficient (Wildman–Crippen LogP) is 2.52. The van der Waals surface area contributed by atoms with Gasteiger partial charge in [-0.25, -0.2) is 4.79 Å². The summed E-state index contributed by atoms with van der Waals surface area (Å²) in [6, 6.07) is 6.76. The first kappa shape index (κ1) is 12.2. The second-order valence-electron chi connectivity index (χ2n) is 3.76. The first-order valence-electron chi connectivity index (χ1n) is 5.41. The van der Waals surface area contributed by atoms with E-state index in [0.717, 1.165) is 0 Å². The van der Waals surface area contributed by atoms with Crippen molar-refractivity contribution in [1.29, 1.82) is 0 Å². The summed E-state index contributed by atoms with van der Waals surface area (Å²) >= 11 is 0. The summed E-state index contributed by atoms with van der Waals surface area (Å²) in [5.41, 5.74) is 0.886. The van der Waals surface area contributed by atoms with Crippen LogP contribution in [0.4, 0.5) is 0 Å². The summed E-state index contributed by atoms with van der Waals surface area (Å²) in [5, 5.41) is 3.71. The lowest BCUT2D eigenvalue weighted by atomic mass is 10.2. The van der Waals surface area contributed by atoms with E-state index < -0.39 is 5.97 Å². The number of esters is 1. The normalized spacial score (nSPS) is 10.2. The van der Waals surface area contributed by atoms with E-state index in [-0.39, 0.29) is 0 Å². The van der Waals surface area contributed by atoms with Crippen LogP contribution in [0, 0.1) is 13.8 Å². The van der Waals surface area contributed by atoms with Crippen LogP contribution in [0.3, 0.4) is 0 Å². The fraction of sp³-hybridized carbons (Fsp3) is 0.231. The molecule has 5 nitrogen and oxygen atoms in total. The zero-order valence-electron chi connectivity index (χ0n) is 10.4. The average molecular weight is 247 g/mol. The number of carbonyl (C=O) groups excluding carboxylic acids is 1. The smallest absolute Gasteiger partial charge is 0.349 e. The lowest BCUT2D eigenvalue weighted by molar-refractivity contribution is 0.0732. The molecule has 0 unspecified atom stereocenters. The van der Waals surface area contributed by atoms with Gasteiger partial charge in [-0.3, -0.25) is 0 Å². The van der Waals surface area contributed by atoms with Gasteiger partial charge in [0.2, 0.25) is 0 Å². The van der Waals surface area contributed by atoms with E-state index in [1.165, 1.54) is 0 Å². The van der Waals surface area contributed by atoms with Gasteiger partial charge in [-0.1, -0.05) is 5.16 Å². The molecule has 94 valence electrons. The number of nitrogens with zero attached hydrogens (tertiary/aromatic N) is 1. The van der Waals surface area contributed by atoms with E-state index in [1.807, 2.05) is 0 Å². The Morgan fingerprint density at radius 2 is 1.78 bits per heavy atom. The fourth-order valence-electron chi connectivity index (χ4n) is 1.58. The maximum absolute atomic E-state index is 11.9. The number of carbonyl (C=O) groups is 1. The van der Waals surface area contributed by atoms with Crippen molar-refractivity contribution in [3.63, 3.8) is 0 Å². The Morgan fingerprint density at radius 3 is 2.28 bits per heavy atom. The number of rotatable bonds is 3. The monoisotopic (exact) mass is 247 g/mol. The minimum atomic E-state index is -0.476. The Kier molecular flexibility index (Phi) is 3.32. The molecule has 0 aliphatic heterocycles. The van der Waals surface area contributed by atoms with Gasteiger partial charge in [0, 0.05) is 0 Å². The molecule has 2 rings (SSSR count). The van der Waals surface area contributed by atoms with Crippen LogP contribution in [0.1, 0.15) is 21.8 Å². The highest BCUT2D eigenvalue weighted by Gasteiger charge is 2.19. The largest absolute Gasteiger partial charge is 0.497 e. The van der Waals surface area contributed by atoms with Crippen molar-refractivity contribution in [2.75, 3.05) is 7.11 Å². The molecule has 0 amide bonds. The molecule has 1 aromatic carbocycles.